The molecular weight excluding hydrogens is 255 g/mol. The summed E-state index contributed by atoms with van der Waals surface area (Å²) in [6.45, 7) is -0.335. The molecule has 102 valence electrons. The molecule has 0 unspecified atom stereocenters. The lowest BCUT2D eigenvalue weighted by molar-refractivity contribution is -0.124. The monoisotopic (exact) mass is 269 g/mol. The van der Waals surface area contributed by atoms with Gasteiger partial charge in [0.1, 0.15) is 0 Å². The molecule has 0 amide bonds. The Kier molecular flexibility index (Phi) is 4.21. The first-order valence-corrected chi connectivity index (χ1v) is 5.90. The number of rotatable bonds is 5. The van der Waals surface area contributed by atoms with Gasteiger partial charge in [-0.15, -0.1) is 0 Å². The van der Waals surface area contributed by atoms with E-state index in [1.54, 1.807) is 10.9 Å². The first-order valence-electron chi connectivity index (χ1n) is 5.90. The van der Waals surface area contributed by atoms with Crippen molar-refractivity contribution in [2.75, 3.05) is 13.1 Å². The second-order valence-electron chi connectivity index (χ2n) is 4.15. The zero-order valence-corrected chi connectivity index (χ0v) is 10.2. The minimum atomic E-state index is -4.17. The van der Waals surface area contributed by atoms with Crippen LogP contribution in [0.5, 0.6) is 0 Å². The van der Waals surface area contributed by atoms with Crippen LogP contribution in [0.3, 0.4) is 0 Å². The summed E-state index contributed by atoms with van der Waals surface area (Å²) < 4.78 is 37.4. The third-order valence-corrected chi connectivity index (χ3v) is 2.58. The van der Waals surface area contributed by atoms with Crippen molar-refractivity contribution in [1.82, 2.24) is 15.1 Å². The molecule has 0 aliphatic carbocycles. The fourth-order valence-electron chi connectivity index (χ4n) is 1.69. The second kappa shape index (κ2) is 5.88. The van der Waals surface area contributed by atoms with Crippen LogP contribution in [-0.4, -0.2) is 29.0 Å². The molecule has 1 heterocycles. The molecule has 0 aliphatic heterocycles. The fraction of sp³-hybridized carbons (Fsp3) is 0.308. The molecule has 6 heteroatoms. The Bertz CT molecular complexity index is 505. The third-order valence-electron chi connectivity index (χ3n) is 2.58. The van der Waals surface area contributed by atoms with Gasteiger partial charge in [-0.3, -0.25) is 4.68 Å². The van der Waals surface area contributed by atoms with Gasteiger partial charge in [0.05, 0.1) is 19.3 Å². The summed E-state index contributed by atoms with van der Waals surface area (Å²) in [5.41, 5.74) is 1.99. The molecule has 1 N–H and O–H groups in total. The summed E-state index contributed by atoms with van der Waals surface area (Å²) in [7, 11) is 0. The average Bonchev–Trinajstić information content (AvgIpc) is 2.83. The predicted molar refractivity (Wildman–Crippen MR) is 66.6 cm³/mol. The van der Waals surface area contributed by atoms with E-state index in [1.807, 2.05) is 36.5 Å². The van der Waals surface area contributed by atoms with Gasteiger partial charge in [0.15, 0.2) is 0 Å². The van der Waals surface area contributed by atoms with Gasteiger partial charge in [-0.2, -0.15) is 18.3 Å². The van der Waals surface area contributed by atoms with Gasteiger partial charge in [-0.25, -0.2) is 0 Å². The van der Waals surface area contributed by atoms with Crippen LogP contribution in [0.2, 0.25) is 0 Å². The highest BCUT2D eigenvalue weighted by atomic mass is 19.4. The van der Waals surface area contributed by atoms with Crippen LogP contribution in [0.4, 0.5) is 13.2 Å². The molecule has 0 fully saturated rings. The summed E-state index contributed by atoms with van der Waals surface area (Å²) in [5.74, 6) is 0. The Morgan fingerprint density at radius 1 is 1.11 bits per heavy atom. The van der Waals surface area contributed by atoms with E-state index in [0.29, 0.717) is 6.54 Å². The molecule has 3 nitrogen and oxygen atoms in total. The van der Waals surface area contributed by atoms with Gasteiger partial charge in [-0.1, -0.05) is 30.3 Å². The largest absolute Gasteiger partial charge is 0.401 e. The van der Waals surface area contributed by atoms with E-state index in [1.165, 1.54) is 0 Å². The summed E-state index contributed by atoms with van der Waals surface area (Å²) in [6.07, 6.45) is -0.636. The summed E-state index contributed by atoms with van der Waals surface area (Å²) >= 11 is 0. The van der Waals surface area contributed by atoms with Crippen LogP contribution in [0.1, 0.15) is 0 Å². The number of nitrogens with zero attached hydrogens (tertiary/aromatic N) is 2. The Morgan fingerprint density at radius 2 is 1.84 bits per heavy atom. The highest BCUT2D eigenvalue weighted by Gasteiger charge is 2.25. The van der Waals surface area contributed by atoms with E-state index in [4.69, 9.17) is 0 Å². The SMILES string of the molecule is FC(F)(F)CNCCn1cc(-c2ccccc2)cn1. The quantitative estimate of drug-likeness (QED) is 0.846. The average molecular weight is 269 g/mol. The minimum absolute atomic E-state index is 0.232. The number of alkyl halides is 3. The summed E-state index contributed by atoms with van der Waals surface area (Å²) in [4.78, 5) is 0. The number of benzene rings is 1. The van der Waals surface area contributed by atoms with Crippen LogP contribution in [-0.2, 0) is 6.54 Å². The molecule has 1 aromatic carbocycles. The van der Waals surface area contributed by atoms with Gasteiger partial charge in [0.2, 0.25) is 0 Å². The van der Waals surface area contributed by atoms with Gasteiger partial charge < -0.3 is 5.32 Å². The topological polar surface area (TPSA) is 29.9 Å². The molecule has 19 heavy (non-hydrogen) atoms. The Morgan fingerprint density at radius 3 is 2.53 bits per heavy atom. The van der Waals surface area contributed by atoms with Crippen molar-refractivity contribution < 1.29 is 13.2 Å². The number of hydrogen-bond acceptors (Lipinski definition) is 2. The van der Waals surface area contributed by atoms with E-state index in [2.05, 4.69) is 10.4 Å². The van der Waals surface area contributed by atoms with Crippen molar-refractivity contribution in [2.24, 2.45) is 0 Å². The van der Waals surface area contributed by atoms with Crippen LogP contribution in [0.15, 0.2) is 42.7 Å². The standard InChI is InChI=1S/C13H14F3N3/c14-13(15,16)10-17-6-7-19-9-12(8-18-19)11-4-2-1-3-5-11/h1-5,8-9,17H,6-7,10H2. The summed E-state index contributed by atoms with van der Waals surface area (Å²) in [5, 5.41) is 6.46. The zero-order chi connectivity index (χ0) is 13.7. The van der Waals surface area contributed by atoms with Crippen LogP contribution in [0.25, 0.3) is 11.1 Å². The molecule has 1 aromatic heterocycles. The van der Waals surface area contributed by atoms with Gasteiger partial charge in [0.25, 0.3) is 0 Å². The summed E-state index contributed by atoms with van der Waals surface area (Å²) in [6, 6.07) is 9.70. The highest BCUT2D eigenvalue weighted by molar-refractivity contribution is 5.61. The van der Waals surface area contributed by atoms with Gasteiger partial charge >= 0.3 is 6.18 Å². The molecule has 0 saturated carbocycles. The number of halogens is 3. The number of hydrogen-bond donors (Lipinski definition) is 1. The molecule has 2 aromatic rings. The van der Waals surface area contributed by atoms with Crippen molar-refractivity contribution >= 4 is 0 Å². The predicted octanol–water partition coefficient (Wildman–Crippen LogP) is 2.70. The minimum Gasteiger partial charge on any atom is -0.307 e. The smallest absolute Gasteiger partial charge is 0.307 e. The van der Waals surface area contributed by atoms with Gasteiger partial charge in [-0.05, 0) is 5.56 Å². The maximum Gasteiger partial charge on any atom is 0.401 e. The Hall–Kier alpha value is -1.82. The molecule has 0 bridgehead atoms. The van der Waals surface area contributed by atoms with E-state index in [0.717, 1.165) is 11.1 Å². The fourth-order valence-corrected chi connectivity index (χ4v) is 1.69. The highest BCUT2D eigenvalue weighted by Crippen LogP contribution is 2.17. The lowest BCUT2D eigenvalue weighted by Gasteiger charge is -2.07. The van der Waals surface area contributed by atoms with E-state index >= 15 is 0 Å². The van der Waals surface area contributed by atoms with Crippen LogP contribution >= 0.6 is 0 Å². The van der Waals surface area contributed by atoms with Crippen molar-refractivity contribution in [3.05, 3.63) is 42.7 Å². The van der Waals surface area contributed by atoms with Crippen LogP contribution in [0, 0.1) is 0 Å². The first kappa shape index (κ1) is 13.6. The molecule has 0 atom stereocenters. The molecule has 0 aliphatic rings. The Labute approximate surface area is 109 Å². The van der Waals surface area contributed by atoms with E-state index in [9.17, 15) is 13.2 Å². The van der Waals surface area contributed by atoms with E-state index in [-0.39, 0.29) is 6.54 Å². The maximum absolute atomic E-state index is 11.9. The molecule has 0 saturated heterocycles. The molecule has 0 radical (unpaired) electrons. The van der Waals surface area contributed by atoms with Crippen molar-refractivity contribution in [3.63, 3.8) is 0 Å². The van der Waals surface area contributed by atoms with Gasteiger partial charge in [0, 0.05) is 18.3 Å². The van der Waals surface area contributed by atoms with Crippen LogP contribution < -0.4 is 5.32 Å². The normalized spacial score (nSPS) is 11.7. The number of nitrogens with one attached hydrogen (secondary N) is 1. The zero-order valence-electron chi connectivity index (χ0n) is 10.2. The molecule has 2 rings (SSSR count). The number of aromatic nitrogens is 2. The second-order valence-corrected chi connectivity index (χ2v) is 4.15. The Balaban J connectivity index is 1.85. The first-order chi connectivity index (χ1) is 9.04. The van der Waals surface area contributed by atoms with Crippen molar-refractivity contribution in [2.45, 2.75) is 12.7 Å². The maximum atomic E-state index is 11.9. The lowest BCUT2D eigenvalue weighted by atomic mass is 10.1. The third kappa shape index (κ3) is 4.40. The van der Waals surface area contributed by atoms with Crippen molar-refractivity contribution in [1.29, 1.82) is 0 Å². The molecule has 0 spiro atoms. The lowest BCUT2D eigenvalue weighted by Crippen LogP contribution is -2.31. The van der Waals surface area contributed by atoms with E-state index < -0.39 is 12.7 Å². The molecular formula is C13H14F3N3. The van der Waals surface area contributed by atoms with Crippen molar-refractivity contribution in [3.8, 4) is 11.1 Å².